The Morgan fingerprint density at radius 2 is 2.00 bits per heavy atom. The van der Waals surface area contributed by atoms with Crippen LogP contribution in [0.1, 0.15) is 16.6 Å². The predicted octanol–water partition coefficient (Wildman–Crippen LogP) is -3.69. The van der Waals surface area contributed by atoms with Crippen LogP contribution >= 0.6 is 0 Å². The topological polar surface area (TPSA) is 134 Å². The van der Waals surface area contributed by atoms with Crippen LogP contribution in [0.25, 0.3) is 0 Å². The molecule has 8 heteroatoms. The Morgan fingerprint density at radius 1 is 1.30 bits per heavy atom. The molecule has 4 N–H and O–H groups in total. The summed E-state index contributed by atoms with van der Waals surface area (Å²) in [7, 11) is 0. The lowest BCUT2D eigenvalue weighted by Gasteiger charge is -2.36. The van der Waals surface area contributed by atoms with E-state index in [1.807, 2.05) is 0 Å². The average molecular weight is 285 g/mol. The number of ether oxygens (including phenoxy) is 1. The highest BCUT2D eigenvalue weighted by Gasteiger charge is 2.48. The summed E-state index contributed by atoms with van der Waals surface area (Å²) in [6.07, 6.45) is -4.06. The van der Waals surface area contributed by atoms with Gasteiger partial charge in [0.1, 0.15) is 18.3 Å². The number of carbonyl (C=O) groups is 1. The van der Waals surface area contributed by atoms with Crippen LogP contribution in [0.5, 0.6) is 0 Å². The first-order valence-electron chi connectivity index (χ1n) is 5.98. The van der Waals surface area contributed by atoms with Crippen molar-refractivity contribution in [1.29, 1.82) is 0 Å². The normalized spacial score (nSPS) is 33.9. The Bertz CT molecular complexity index is 492. The molecule has 0 saturated carbocycles. The minimum absolute atomic E-state index is 0.135. The summed E-state index contributed by atoms with van der Waals surface area (Å²) in [5.74, 6) is -1.40. The van der Waals surface area contributed by atoms with Gasteiger partial charge in [0.25, 0.3) is 6.23 Å². The van der Waals surface area contributed by atoms with E-state index in [4.69, 9.17) is 9.84 Å². The second-order valence-corrected chi connectivity index (χ2v) is 4.55. The van der Waals surface area contributed by atoms with Gasteiger partial charge in [-0.1, -0.05) is 0 Å². The molecule has 1 aromatic rings. The van der Waals surface area contributed by atoms with Gasteiger partial charge < -0.3 is 35.1 Å². The van der Waals surface area contributed by atoms with E-state index < -0.39 is 43.2 Å². The van der Waals surface area contributed by atoms with E-state index in [9.17, 15) is 25.2 Å². The number of pyridine rings is 1. The van der Waals surface area contributed by atoms with Crippen LogP contribution in [0.2, 0.25) is 0 Å². The summed E-state index contributed by atoms with van der Waals surface area (Å²) in [5, 5.41) is 49.1. The van der Waals surface area contributed by atoms with Gasteiger partial charge in [0.2, 0.25) is 0 Å². The Labute approximate surface area is 114 Å². The van der Waals surface area contributed by atoms with Gasteiger partial charge in [0.15, 0.2) is 18.5 Å². The lowest BCUT2D eigenvalue weighted by molar-refractivity contribution is -0.778. The molecule has 110 valence electrons. The Morgan fingerprint density at radius 3 is 2.60 bits per heavy atom. The molecular formula is C12H15NO7. The number of carbonyl (C=O) groups excluding carboxylic acids is 1. The van der Waals surface area contributed by atoms with Crippen LogP contribution in [0.3, 0.4) is 0 Å². The van der Waals surface area contributed by atoms with E-state index >= 15 is 0 Å². The van der Waals surface area contributed by atoms with Gasteiger partial charge in [0, 0.05) is 6.07 Å². The van der Waals surface area contributed by atoms with Gasteiger partial charge in [-0.05, 0) is 6.07 Å². The molecule has 20 heavy (non-hydrogen) atoms. The van der Waals surface area contributed by atoms with Crippen molar-refractivity contribution in [2.24, 2.45) is 0 Å². The molecule has 0 amide bonds. The monoisotopic (exact) mass is 285 g/mol. The number of carboxylic acid groups (broad SMARTS) is 1. The first kappa shape index (κ1) is 14.8. The van der Waals surface area contributed by atoms with Gasteiger partial charge in [-0.25, -0.2) is 0 Å². The number of aliphatic hydroxyl groups excluding tert-OH is 4. The number of aliphatic hydroxyl groups is 4. The van der Waals surface area contributed by atoms with Crippen LogP contribution in [0.15, 0.2) is 24.5 Å². The molecule has 1 saturated heterocycles. The van der Waals surface area contributed by atoms with E-state index in [-0.39, 0.29) is 5.56 Å². The Hall–Kier alpha value is -1.58. The maximum absolute atomic E-state index is 10.8. The fraction of sp³-hybridized carbons (Fsp3) is 0.500. The Kier molecular flexibility index (Phi) is 4.31. The number of rotatable bonds is 3. The molecule has 1 fully saturated rings. The van der Waals surface area contributed by atoms with Gasteiger partial charge in [-0.3, -0.25) is 0 Å². The van der Waals surface area contributed by atoms with Crippen molar-refractivity contribution in [1.82, 2.24) is 0 Å². The van der Waals surface area contributed by atoms with E-state index in [2.05, 4.69) is 0 Å². The molecule has 0 aromatic carbocycles. The summed E-state index contributed by atoms with van der Waals surface area (Å²) in [5.41, 5.74) is -0.135. The molecule has 5 atom stereocenters. The van der Waals surface area contributed by atoms with Crippen LogP contribution in [0, 0.1) is 0 Å². The molecule has 8 nitrogen and oxygen atoms in total. The zero-order valence-corrected chi connectivity index (χ0v) is 10.4. The fourth-order valence-electron chi connectivity index (χ4n) is 2.10. The molecule has 0 bridgehead atoms. The third-order valence-corrected chi connectivity index (χ3v) is 3.22. The number of hydrogen-bond donors (Lipinski definition) is 4. The molecule has 2 heterocycles. The second-order valence-electron chi connectivity index (χ2n) is 4.55. The fourth-order valence-corrected chi connectivity index (χ4v) is 2.10. The molecule has 1 aromatic heterocycles. The molecule has 0 aliphatic carbocycles. The zero-order valence-electron chi connectivity index (χ0n) is 10.4. The highest BCUT2D eigenvalue weighted by atomic mass is 16.6. The lowest BCUT2D eigenvalue weighted by atomic mass is 9.98. The predicted molar refractivity (Wildman–Crippen MR) is 60.0 cm³/mol. The molecule has 1 aliphatic heterocycles. The SMILES string of the molecule is O=C([O-])c1ccc[n+](C2O[C@H](CO)[C@@H](O)[C@H](O)[C@H]2O)c1. The summed E-state index contributed by atoms with van der Waals surface area (Å²) in [6, 6.07) is 2.71. The number of nitrogens with zero attached hydrogens (tertiary/aromatic N) is 1. The smallest absolute Gasteiger partial charge is 0.292 e. The first-order chi connectivity index (χ1) is 9.45. The summed E-state index contributed by atoms with van der Waals surface area (Å²) < 4.78 is 6.52. The maximum Gasteiger partial charge on any atom is 0.292 e. The third kappa shape index (κ3) is 2.65. The van der Waals surface area contributed by atoms with Crippen LogP contribution in [-0.4, -0.2) is 57.4 Å². The average Bonchev–Trinajstić information content (AvgIpc) is 2.45. The number of hydrogen-bond acceptors (Lipinski definition) is 7. The van der Waals surface area contributed by atoms with Gasteiger partial charge in [0.05, 0.1) is 18.1 Å². The molecule has 0 spiro atoms. The number of aromatic nitrogens is 1. The van der Waals surface area contributed by atoms with E-state index in [1.165, 1.54) is 29.1 Å². The lowest BCUT2D eigenvalue weighted by Crippen LogP contribution is -2.62. The quantitative estimate of drug-likeness (QED) is 0.420. The highest BCUT2D eigenvalue weighted by molar-refractivity contribution is 5.84. The zero-order chi connectivity index (χ0) is 14.9. The molecule has 2 rings (SSSR count). The maximum atomic E-state index is 10.8. The summed E-state index contributed by atoms with van der Waals surface area (Å²) in [4.78, 5) is 10.8. The van der Waals surface area contributed by atoms with Gasteiger partial charge in [-0.2, -0.15) is 4.57 Å². The van der Waals surface area contributed by atoms with Gasteiger partial charge in [-0.15, -0.1) is 0 Å². The van der Waals surface area contributed by atoms with Crippen molar-refractivity contribution in [2.45, 2.75) is 30.6 Å². The van der Waals surface area contributed by atoms with Gasteiger partial charge >= 0.3 is 0 Å². The number of carboxylic acids is 1. The summed E-state index contributed by atoms with van der Waals surface area (Å²) >= 11 is 0. The largest absolute Gasteiger partial charge is 0.545 e. The van der Waals surface area contributed by atoms with Crippen molar-refractivity contribution in [2.75, 3.05) is 6.61 Å². The standard InChI is InChI=1S/C12H15NO7/c14-5-7-8(15)9(16)10(17)11(20-7)13-3-1-2-6(4-13)12(18)19/h1-4,7-11,14-17H,5H2/t7-,8-,9+,10-,11?/m1/s1. The Balaban J connectivity index is 2.31. The van der Waals surface area contributed by atoms with Crippen LogP contribution < -0.4 is 9.67 Å². The van der Waals surface area contributed by atoms with Crippen molar-refractivity contribution < 1.29 is 39.6 Å². The number of aromatic carboxylic acids is 1. The first-order valence-corrected chi connectivity index (χ1v) is 5.98. The van der Waals surface area contributed by atoms with Crippen molar-refractivity contribution in [3.63, 3.8) is 0 Å². The molecule has 1 unspecified atom stereocenters. The van der Waals surface area contributed by atoms with Crippen molar-refractivity contribution in [3.8, 4) is 0 Å². The highest BCUT2D eigenvalue weighted by Crippen LogP contribution is 2.24. The van der Waals surface area contributed by atoms with Crippen molar-refractivity contribution in [3.05, 3.63) is 30.1 Å². The summed E-state index contributed by atoms with van der Waals surface area (Å²) in [6.45, 7) is -0.553. The minimum atomic E-state index is -1.52. The molecular weight excluding hydrogens is 270 g/mol. The third-order valence-electron chi connectivity index (χ3n) is 3.22. The van der Waals surface area contributed by atoms with Crippen LogP contribution in [0.4, 0.5) is 0 Å². The van der Waals surface area contributed by atoms with E-state index in [1.54, 1.807) is 0 Å². The second kappa shape index (κ2) is 5.81. The van der Waals surface area contributed by atoms with E-state index in [0.717, 1.165) is 0 Å². The molecule has 1 aliphatic rings. The van der Waals surface area contributed by atoms with Crippen molar-refractivity contribution >= 4 is 5.97 Å². The minimum Gasteiger partial charge on any atom is -0.545 e. The van der Waals surface area contributed by atoms with E-state index in [0.29, 0.717) is 0 Å². The van der Waals surface area contributed by atoms with Crippen LogP contribution in [-0.2, 0) is 4.74 Å². The molecule has 0 radical (unpaired) electrons.